The molecule has 0 bridgehead atoms. The molecular formula is C21H22N2O6. The third-order valence-electron chi connectivity index (χ3n) is 3.70. The molecule has 0 unspecified atom stereocenters. The van der Waals surface area contributed by atoms with Gasteiger partial charge in [-0.05, 0) is 50.2 Å². The fourth-order valence-corrected chi connectivity index (χ4v) is 2.43. The normalized spacial score (nSPS) is 10.0. The molecule has 8 nitrogen and oxygen atoms in total. The number of carbonyl (C=O) groups excluding carboxylic acids is 4. The van der Waals surface area contributed by atoms with Gasteiger partial charge < -0.3 is 20.1 Å². The Morgan fingerprint density at radius 2 is 1.34 bits per heavy atom. The van der Waals surface area contributed by atoms with Crippen molar-refractivity contribution in [1.82, 2.24) is 0 Å². The number of esters is 2. The zero-order valence-corrected chi connectivity index (χ0v) is 16.2. The van der Waals surface area contributed by atoms with Gasteiger partial charge in [-0.3, -0.25) is 9.59 Å². The van der Waals surface area contributed by atoms with Gasteiger partial charge in [0, 0.05) is 5.69 Å². The standard InChI is InChI=1S/C21H22N2O6/c1-3-28-20(26)14-9-11-15(12-10-14)22-18(24)13-19(25)23-17-8-6-5-7-16(17)21(27)29-4-2/h5-12H,3-4,13H2,1-2H3,(H,22,24)(H,23,25). The van der Waals surface area contributed by atoms with Crippen LogP contribution in [-0.2, 0) is 19.1 Å². The number of benzene rings is 2. The molecule has 152 valence electrons. The fourth-order valence-electron chi connectivity index (χ4n) is 2.43. The molecule has 0 aromatic heterocycles. The van der Waals surface area contributed by atoms with Crippen molar-refractivity contribution in [2.24, 2.45) is 0 Å². The number of amides is 2. The second-order valence-corrected chi connectivity index (χ2v) is 5.84. The van der Waals surface area contributed by atoms with Crippen LogP contribution in [0, 0.1) is 0 Å². The predicted molar refractivity (Wildman–Crippen MR) is 107 cm³/mol. The van der Waals surface area contributed by atoms with Crippen molar-refractivity contribution >= 4 is 35.1 Å². The topological polar surface area (TPSA) is 111 Å². The van der Waals surface area contributed by atoms with E-state index in [1.165, 1.54) is 30.3 Å². The molecular weight excluding hydrogens is 376 g/mol. The molecule has 2 rings (SSSR count). The summed E-state index contributed by atoms with van der Waals surface area (Å²) >= 11 is 0. The first-order chi connectivity index (χ1) is 13.9. The molecule has 29 heavy (non-hydrogen) atoms. The van der Waals surface area contributed by atoms with Crippen molar-refractivity contribution in [3.63, 3.8) is 0 Å². The number of hydrogen-bond acceptors (Lipinski definition) is 6. The lowest BCUT2D eigenvalue weighted by atomic mass is 10.1. The van der Waals surface area contributed by atoms with Gasteiger partial charge in [0.05, 0.1) is 30.0 Å². The summed E-state index contributed by atoms with van der Waals surface area (Å²) in [6.07, 6.45) is -0.448. The summed E-state index contributed by atoms with van der Waals surface area (Å²) in [5.74, 6) is -2.14. The van der Waals surface area contributed by atoms with E-state index < -0.39 is 30.2 Å². The molecule has 0 aliphatic carbocycles. The van der Waals surface area contributed by atoms with Crippen LogP contribution in [-0.4, -0.2) is 37.0 Å². The molecule has 0 atom stereocenters. The molecule has 0 aliphatic rings. The number of hydrogen-bond donors (Lipinski definition) is 2. The highest BCUT2D eigenvalue weighted by Crippen LogP contribution is 2.17. The number of ether oxygens (including phenoxy) is 2. The van der Waals surface area contributed by atoms with Crippen LogP contribution in [0.3, 0.4) is 0 Å². The Labute approximate surface area is 168 Å². The van der Waals surface area contributed by atoms with E-state index in [2.05, 4.69) is 10.6 Å². The van der Waals surface area contributed by atoms with Crippen LogP contribution in [0.1, 0.15) is 41.0 Å². The minimum atomic E-state index is -0.581. The number of nitrogens with one attached hydrogen (secondary N) is 2. The molecule has 2 N–H and O–H groups in total. The third-order valence-corrected chi connectivity index (χ3v) is 3.70. The van der Waals surface area contributed by atoms with Crippen LogP contribution in [0.25, 0.3) is 0 Å². The summed E-state index contributed by atoms with van der Waals surface area (Å²) < 4.78 is 9.84. The van der Waals surface area contributed by atoms with Crippen LogP contribution in [0.15, 0.2) is 48.5 Å². The predicted octanol–water partition coefficient (Wildman–Crippen LogP) is 3.01. The Bertz CT molecular complexity index is 892. The molecule has 0 radical (unpaired) electrons. The molecule has 8 heteroatoms. The summed E-state index contributed by atoms with van der Waals surface area (Å²) in [6.45, 7) is 3.87. The van der Waals surface area contributed by atoms with Gasteiger partial charge in [0.2, 0.25) is 11.8 Å². The SMILES string of the molecule is CCOC(=O)c1ccc(NC(=O)CC(=O)Nc2ccccc2C(=O)OCC)cc1. The first-order valence-electron chi connectivity index (χ1n) is 9.07. The fraction of sp³-hybridized carbons (Fsp3) is 0.238. The Hall–Kier alpha value is -3.68. The van der Waals surface area contributed by atoms with E-state index in [9.17, 15) is 19.2 Å². The summed E-state index contributed by atoms with van der Waals surface area (Å²) in [5, 5.41) is 5.11. The molecule has 0 aliphatic heterocycles. The van der Waals surface area contributed by atoms with Crippen molar-refractivity contribution in [1.29, 1.82) is 0 Å². The van der Waals surface area contributed by atoms with Gasteiger partial charge in [-0.1, -0.05) is 12.1 Å². The molecule has 0 spiro atoms. The zero-order chi connectivity index (χ0) is 21.2. The number of anilines is 2. The highest BCUT2D eigenvalue weighted by atomic mass is 16.5. The maximum atomic E-state index is 12.2. The second-order valence-electron chi connectivity index (χ2n) is 5.84. The number of carbonyl (C=O) groups is 4. The van der Waals surface area contributed by atoms with Crippen molar-refractivity contribution < 1.29 is 28.7 Å². The quantitative estimate of drug-likeness (QED) is 0.522. The summed E-state index contributed by atoms with van der Waals surface area (Å²) in [4.78, 5) is 47.8. The van der Waals surface area contributed by atoms with Crippen molar-refractivity contribution in [2.45, 2.75) is 20.3 Å². The number of rotatable bonds is 8. The first kappa shape index (κ1) is 21.6. The number of para-hydroxylation sites is 1. The van der Waals surface area contributed by atoms with Crippen LogP contribution >= 0.6 is 0 Å². The molecule has 2 aromatic carbocycles. The van der Waals surface area contributed by atoms with E-state index >= 15 is 0 Å². The van der Waals surface area contributed by atoms with E-state index in [4.69, 9.17) is 9.47 Å². The second kappa shape index (κ2) is 10.6. The van der Waals surface area contributed by atoms with E-state index in [-0.39, 0.29) is 24.5 Å². The highest BCUT2D eigenvalue weighted by molar-refractivity contribution is 6.10. The Kier molecular flexibility index (Phi) is 7.90. The van der Waals surface area contributed by atoms with E-state index in [1.807, 2.05) is 0 Å². The maximum absolute atomic E-state index is 12.2. The summed E-state index contributed by atoms with van der Waals surface area (Å²) in [5.41, 5.74) is 1.26. The van der Waals surface area contributed by atoms with E-state index in [0.29, 0.717) is 11.3 Å². The van der Waals surface area contributed by atoms with Gasteiger partial charge in [0.15, 0.2) is 0 Å². The average molecular weight is 398 g/mol. The zero-order valence-electron chi connectivity index (χ0n) is 16.2. The van der Waals surface area contributed by atoms with Gasteiger partial charge in [-0.25, -0.2) is 9.59 Å². The largest absolute Gasteiger partial charge is 0.462 e. The van der Waals surface area contributed by atoms with Gasteiger partial charge >= 0.3 is 11.9 Å². The van der Waals surface area contributed by atoms with E-state index in [1.54, 1.807) is 32.0 Å². The van der Waals surface area contributed by atoms with E-state index in [0.717, 1.165) is 0 Å². The van der Waals surface area contributed by atoms with Crippen molar-refractivity contribution in [3.8, 4) is 0 Å². The Morgan fingerprint density at radius 1 is 0.759 bits per heavy atom. The van der Waals surface area contributed by atoms with Gasteiger partial charge in [0.25, 0.3) is 0 Å². The average Bonchev–Trinajstić information content (AvgIpc) is 2.69. The Morgan fingerprint density at radius 3 is 2.00 bits per heavy atom. The van der Waals surface area contributed by atoms with Gasteiger partial charge in [-0.15, -0.1) is 0 Å². The lowest BCUT2D eigenvalue weighted by molar-refractivity contribution is -0.123. The van der Waals surface area contributed by atoms with Crippen molar-refractivity contribution in [3.05, 3.63) is 59.7 Å². The first-order valence-corrected chi connectivity index (χ1v) is 9.07. The monoisotopic (exact) mass is 398 g/mol. The molecule has 0 saturated heterocycles. The smallest absolute Gasteiger partial charge is 0.340 e. The minimum absolute atomic E-state index is 0.206. The minimum Gasteiger partial charge on any atom is -0.462 e. The maximum Gasteiger partial charge on any atom is 0.340 e. The lowest BCUT2D eigenvalue weighted by Gasteiger charge is -2.10. The summed E-state index contributed by atoms with van der Waals surface area (Å²) in [7, 11) is 0. The Balaban J connectivity index is 1.94. The molecule has 2 aromatic rings. The van der Waals surface area contributed by atoms with Crippen LogP contribution in [0.4, 0.5) is 11.4 Å². The molecule has 0 saturated carbocycles. The van der Waals surface area contributed by atoms with Crippen LogP contribution in [0.2, 0.25) is 0 Å². The highest BCUT2D eigenvalue weighted by Gasteiger charge is 2.16. The van der Waals surface area contributed by atoms with Gasteiger partial charge in [0.1, 0.15) is 6.42 Å². The lowest BCUT2D eigenvalue weighted by Crippen LogP contribution is -2.22. The van der Waals surface area contributed by atoms with Crippen molar-refractivity contribution in [2.75, 3.05) is 23.8 Å². The third kappa shape index (κ3) is 6.46. The molecule has 2 amide bonds. The summed E-state index contributed by atoms with van der Waals surface area (Å²) in [6, 6.07) is 12.5. The van der Waals surface area contributed by atoms with Crippen LogP contribution < -0.4 is 10.6 Å². The van der Waals surface area contributed by atoms with Crippen LogP contribution in [0.5, 0.6) is 0 Å². The van der Waals surface area contributed by atoms with Gasteiger partial charge in [-0.2, -0.15) is 0 Å². The molecule has 0 fully saturated rings. The molecule has 0 heterocycles.